The SMILES string of the molecule is CCC(C)CN(CC)C(=O)N[C@@H](CCC(N)=O)C(=O)O. The normalized spacial score (nSPS) is 13.3. The van der Waals surface area contributed by atoms with Crippen molar-refractivity contribution < 1.29 is 19.5 Å². The number of nitrogens with one attached hydrogen (secondary N) is 1. The molecule has 0 rings (SSSR count). The number of nitrogens with zero attached hydrogens (tertiary/aromatic N) is 1. The van der Waals surface area contributed by atoms with Crippen molar-refractivity contribution in [3.8, 4) is 0 Å². The molecule has 0 aromatic heterocycles. The van der Waals surface area contributed by atoms with Gasteiger partial charge in [0.05, 0.1) is 0 Å². The van der Waals surface area contributed by atoms with Crippen LogP contribution in [-0.4, -0.2) is 47.0 Å². The van der Waals surface area contributed by atoms with Gasteiger partial charge in [-0.15, -0.1) is 0 Å². The third-order valence-electron chi connectivity index (χ3n) is 3.17. The van der Waals surface area contributed by atoms with Crippen LogP contribution in [0.1, 0.15) is 40.0 Å². The van der Waals surface area contributed by atoms with Crippen LogP contribution in [0.25, 0.3) is 0 Å². The third kappa shape index (κ3) is 6.96. The molecule has 2 atom stereocenters. The topological polar surface area (TPSA) is 113 Å². The Morgan fingerprint density at radius 2 is 1.90 bits per heavy atom. The lowest BCUT2D eigenvalue weighted by Crippen LogP contribution is -2.49. The van der Waals surface area contributed by atoms with E-state index in [9.17, 15) is 14.4 Å². The highest BCUT2D eigenvalue weighted by atomic mass is 16.4. The number of hydrogen-bond donors (Lipinski definition) is 3. The van der Waals surface area contributed by atoms with Crippen molar-refractivity contribution in [3.63, 3.8) is 0 Å². The maximum Gasteiger partial charge on any atom is 0.326 e. The first-order chi connectivity index (χ1) is 9.31. The number of carboxylic acids is 1. The summed E-state index contributed by atoms with van der Waals surface area (Å²) in [5, 5.41) is 11.5. The number of rotatable bonds is 9. The Morgan fingerprint density at radius 3 is 2.30 bits per heavy atom. The van der Waals surface area contributed by atoms with Gasteiger partial charge in [0.15, 0.2) is 0 Å². The molecule has 0 heterocycles. The number of nitrogens with two attached hydrogens (primary N) is 1. The molecule has 0 radical (unpaired) electrons. The van der Waals surface area contributed by atoms with E-state index in [-0.39, 0.29) is 12.8 Å². The summed E-state index contributed by atoms with van der Waals surface area (Å²) in [7, 11) is 0. The van der Waals surface area contributed by atoms with Gasteiger partial charge in [0, 0.05) is 19.5 Å². The van der Waals surface area contributed by atoms with Crippen LogP contribution in [-0.2, 0) is 9.59 Å². The average Bonchev–Trinajstić information content (AvgIpc) is 2.39. The van der Waals surface area contributed by atoms with Gasteiger partial charge < -0.3 is 21.1 Å². The summed E-state index contributed by atoms with van der Waals surface area (Å²) >= 11 is 0. The lowest BCUT2D eigenvalue weighted by Gasteiger charge is -2.26. The van der Waals surface area contributed by atoms with Crippen molar-refractivity contribution in [2.75, 3.05) is 13.1 Å². The first-order valence-corrected chi connectivity index (χ1v) is 6.88. The molecule has 0 saturated heterocycles. The van der Waals surface area contributed by atoms with Crippen molar-refractivity contribution in [1.29, 1.82) is 0 Å². The molecule has 0 spiro atoms. The largest absolute Gasteiger partial charge is 0.480 e. The second-order valence-corrected chi connectivity index (χ2v) is 4.90. The van der Waals surface area contributed by atoms with E-state index in [1.807, 2.05) is 20.8 Å². The predicted molar refractivity (Wildman–Crippen MR) is 75.1 cm³/mol. The molecule has 3 amide bonds. The monoisotopic (exact) mass is 287 g/mol. The molecule has 0 aromatic rings. The summed E-state index contributed by atoms with van der Waals surface area (Å²) in [6.45, 7) is 6.96. The maximum atomic E-state index is 12.0. The quantitative estimate of drug-likeness (QED) is 0.581. The average molecular weight is 287 g/mol. The summed E-state index contributed by atoms with van der Waals surface area (Å²) in [5.41, 5.74) is 4.99. The molecule has 0 aromatic carbocycles. The molecular formula is C13H25N3O4. The van der Waals surface area contributed by atoms with Crippen LogP contribution in [0.2, 0.25) is 0 Å². The lowest BCUT2D eigenvalue weighted by molar-refractivity contribution is -0.139. The standard InChI is InChI=1S/C13H25N3O4/c1-4-9(3)8-16(5-2)13(20)15-10(12(18)19)6-7-11(14)17/h9-10H,4-8H2,1-3H3,(H2,14,17)(H,15,20)(H,18,19)/t9?,10-/m0/s1. The van der Waals surface area contributed by atoms with E-state index in [1.54, 1.807) is 4.90 Å². The van der Waals surface area contributed by atoms with Crippen LogP contribution in [0.5, 0.6) is 0 Å². The minimum atomic E-state index is -1.17. The number of carbonyl (C=O) groups excluding carboxylic acids is 2. The number of carbonyl (C=O) groups is 3. The molecule has 0 aliphatic heterocycles. The predicted octanol–water partition coefficient (Wildman–Crippen LogP) is 0.783. The van der Waals surface area contributed by atoms with Gasteiger partial charge in [0.25, 0.3) is 0 Å². The van der Waals surface area contributed by atoms with Gasteiger partial charge in [-0.3, -0.25) is 4.79 Å². The van der Waals surface area contributed by atoms with Crippen LogP contribution in [0.15, 0.2) is 0 Å². The zero-order valence-corrected chi connectivity index (χ0v) is 12.4. The van der Waals surface area contributed by atoms with E-state index in [1.165, 1.54) is 0 Å². The number of carboxylic acid groups (broad SMARTS) is 1. The molecule has 1 unspecified atom stereocenters. The van der Waals surface area contributed by atoms with E-state index in [4.69, 9.17) is 10.8 Å². The Labute approximate surface area is 119 Å². The van der Waals surface area contributed by atoms with E-state index in [2.05, 4.69) is 5.32 Å². The smallest absolute Gasteiger partial charge is 0.326 e. The third-order valence-corrected chi connectivity index (χ3v) is 3.17. The van der Waals surface area contributed by atoms with Crippen LogP contribution < -0.4 is 11.1 Å². The second-order valence-electron chi connectivity index (χ2n) is 4.90. The first kappa shape index (κ1) is 18.2. The molecule has 0 saturated carbocycles. The van der Waals surface area contributed by atoms with Gasteiger partial charge in [-0.25, -0.2) is 9.59 Å². The summed E-state index contributed by atoms with van der Waals surface area (Å²) in [6.07, 6.45) is 0.861. The van der Waals surface area contributed by atoms with Crippen LogP contribution >= 0.6 is 0 Å². The van der Waals surface area contributed by atoms with Crippen LogP contribution in [0.4, 0.5) is 4.79 Å². The Bertz CT molecular complexity index is 347. The molecule has 7 nitrogen and oxygen atoms in total. The van der Waals surface area contributed by atoms with Crippen molar-refractivity contribution in [3.05, 3.63) is 0 Å². The minimum Gasteiger partial charge on any atom is -0.480 e. The Hall–Kier alpha value is -1.79. The Morgan fingerprint density at radius 1 is 1.30 bits per heavy atom. The van der Waals surface area contributed by atoms with Crippen molar-refractivity contribution in [2.45, 2.75) is 46.1 Å². The van der Waals surface area contributed by atoms with Gasteiger partial charge >= 0.3 is 12.0 Å². The fourth-order valence-corrected chi connectivity index (χ4v) is 1.65. The molecule has 20 heavy (non-hydrogen) atoms. The highest BCUT2D eigenvalue weighted by Crippen LogP contribution is 2.05. The Balaban J connectivity index is 4.55. The second kappa shape index (κ2) is 9.17. The zero-order chi connectivity index (χ0) is 15.7. The zero-order valence-electron chi connectivity index (χ0n) is 12.4. The molecular weight excluding hydrogens is 262 g/mol. The molecule has 0 aliphatic rings. The first-order valence-electron chi connectivity index (χ1n) is 6.88. The fourth-order valence-electron chi connectivity index (χ4n) is 1.65. The number of hydrogen-bond acceptors (Lipinski definition) is 3. The highest BCUT2D eigenvalue weighted by molar-refractivity contribution is 5.83. The molecule has 0 fully saturated rings. The van der Waals surface area contributed by atoms with Gasteiger partial charge in [-0.1, -0.05) is 20.3 Å². The van der Waals surface area contributed by atoms with Crippen LogP contribution in [0, 0.1) is 5.92 Å². The van der Waals surface area contributed by atoms with E-state index in [0.29, 0.717) is 19.0 Å². The van der Waals surface area contributed by atoms with Crippen LogP contribution in [0.3, 0.4) is 0 Å². The van der Waals surface area contributed by atoms with Crippen molar-refractivity contribution in [1.82, 2.24) is 10.2 Å². The molecule has 4 N–H and O–H groups in total. The number of urea groups is 1. The highest BCUT2D eigenvalue weighted by Gasteiger charge is 2.23. The number of primary amides is 1. The van der Waals surface area contributed by atoms with Crippen molar-refractivity contribution >= 4 is 17.9 Å². The molecule has 0 aliphatic carbocycles. The molecule has 0 bridgehead atoms. The summed E-state index contributed by atoms with van der Waals surface area (Å²) in [5.74, 6) is -1.41. The number of amides is 3. The Kier molecular flexibility index (Phi) is 8.35. The van der Waals surface area contributed by atoms with Gasteiger partial charge in [-0.05, 0) is 19.3 Å². The summed E-state index contributed by atoms with van der Waals surface area (Å²) in [6, 6.07) is -1.52. The van der Waals surface area contributed by atoms with E-state index in [0.717, 1.165) is 6.42 Å². The number of aliphatic carboxylic acids is 1. The molecule has 7 heteroatoms. The lowest BCUT2D eigenvalue weighted by atomic mass is 10.1. The van der Waals surface area contributed by atoms with Gasteiger partial charge in [0.1, 0.15) is 6.04 Å². The fraction of sp³-hybridized carbons (Fsp3) is 0.769. The maximum absolute atomic E-state index is 12.0. The minimum absolute atomic E-state index is 0.00269. The van der Waals surface area contributed by atoms with Crippen molar-refractivity contribution in [2.24, 2.45) is 11.7 Å². The van der Waals surface area contributed by atoms with Gasteiger partial charge in [0.2, 0.25) is 5.91 Å². The van der Waals surface area contributed by atoms with E-state index < -0.39 is 23.9 Å². The van der Waals surface area contributed by atoms with E-state index >= 15 is 0 Å². The molecule has 116 valence electrons. The summed E-state index contributed by atoms with van der Waals surface area (Å²) < 4.78 is 0. The summed E-state index contributed by atoms with van der Waals surface area (Å²) in [4.78, 5) is 35.3. The van der Waals surface area contributed by atoms with Gasteiger partial charge in [-0.2, -0.15) is 0 Å².